The summed E-state index contributed by atoms with van der Waals surface area (Å²) in [5.41, 5.74) is 0.717. The maximum Gasteiger partial charge on any atom is 0.172 e. The molecule has 1 N–H and O–H groups in total. The van der Waals surface area contributed by atoms with Crippen LogP contribution in [-0.2, 0) is 4.79 Å². The highest BCUT2D eigenvalue weighted by Gasteiger charge is 2.35. The van der Waals surface area contributed by atoms with Gasteiger partial charge in [0.15, 0.2) is 5.78 Å². The predicted octanol–water partition coefficient (Wildman–Crippen LogP) is 2.96. The van der Waals surface area contributed by atoms with E-state index in [1.54, 1.807) is 25.2 Å². The van der Waals surface area contributed by atoms with E-state index in [-0.39, 0.29) is 12.4 Å². The summed E-state index contributed by atoms with van der Waals surface area (Å²) in [5, 5.41) is 10.4. The summed E-state index contributed by atoms with van der Waals surface area (Å²) in [4.78, 5) is 12.6. The lowest BCUT2D eigenvalue weighted by Crippen LogP contribution is -2.33. The van der Waals surface area contributed by atoms with Crippen LogP contribution in [0.2, 0.25) is 0 Å². The lowest BCUT2D eigenvalue weighted by molar-refractivity contribution is -0.124. The molecule has 0 fully saturated rings. The Morgan fingerprint density at radius 3 is 3.05 bits per heavy atom. The van der Waals surface area contributed by atoms with E-state index in [2.05, 4.69) is 5.92 Å². The fraction of sp³-hybridized carbons (Fsp3) is 0.278. The van der Waals surface area contributed by atoms with Gasteiger partial charge in [0, 0.05) is 17.6 Å². The standard InChI is InChI=1S/C18H17FO3/c1-3-5-7-12(6-4-2)17(20)15-11-22-16-9-8-13(19)10-14(16)18(15)21/h1,4,6-10,15,18,21H,5,11H2,2H3/b6-4-,12-7+. The molecule has 0 bridgehead atoms. The van der Waals surface area contributed by atoms with Crippen molar-refractivity contribution in [1.29, 1.82) is 0 Å². The van der Waals surface area contributed by atoms with Gasteiger partial charge in [-0.3, -0.25) is 4.79 Å². The number of rotatable bonds is 4. The van der Waals surface area contributed by atoms with Crippen LogP contribution in [-0.4, -0.2) is 17.5 Å². The molecule has 0 radical (unpaired) electrons. The fourth-order valence-electron chi connectivity index (χ4n) is 2.40. The van der Waals surface area contributed by atoms with Gasteiger partial charge in [-0.25, -0.2) is 4.39 Å². The zero-order valence-electron chi connectivity index (χ0n) is 12.3. The summed E-state index contributed by atoms with van der Waals surface area (Å²) < 4.78 is 18.8. The molecule has 114 valence electrons. The van der Waals surface area contributed by atoms with E-state index in [9.17, 15) is 14.3 Å². The average Bonchev–Trinajstić information content (AvgIpc) is 2.52. The molecule has 0 spiro atoms. The summed E-state index contributed by atoms with van der Waals surface area (Å²) in [6.45, 7) is 1.83. The highest BCUT2D eigenvalue weighted by atomic mass is 19.1. The van der Waals surface area contributed by atoms with Crippen LogP contribution in [0.4, 0.5) is 4.39 Å². The lowest BCUT2D eigenvalue weighted by Gasteiger charge is -2.29. The number of carbonyl (C=O) groups excluding carboxylic acids is 1. The summed E-state index contributed by atoms with van der Waals surface area (Å²) in [5.74, 6) is 1.31. The van der Waals surface area contributed by atoms with Crippen molar-refractivity contribution < 1.29 is 19.0 Å². The van der Waals surface area contributed by atoms with Crippen LogP contribution in [0.1, 0.15) is 25.0 Å². The predicted molar refractivity (Wildman–Crippen MR) is 81.7 cm³/mol. The molecule has 22 heavy (non-hydrogen) atoms. The summed E-state index contributed by atoms with van der Waals surface area (Å²) in [6.07, 6.45) is 9.44. The second-order valence-electron chi connectivity index (χ2n) is 4.98. The number of terminal acetylenes is 1. The second-order valence-corrected chi connectivity index (χ2v) is 4.98. The van der Waals surface area contributed by atoms with Crippen molar-refractivity contribution in [2.45, 2.75) is 19.4 Å². The maximum atomic E-state index is 13.3. The monoisotopic (exact) mass is 300 g/mol. The second kappa shape index (κ2) is 7.06. The molecule has 1 aliphatic heterocycles. The summed E-state index contributed by atoms with van der Waals surface area (Å²) >= 11 is 0. The molecule has 2 rings (SSSR count). The molecule has 3 nitrogen and oxygen atoms in total. The highest BCUT2D eigenvalue weighted by molar-refractivity contribution is 6.00. The number of aliphatic hydroxyl groups is 1. The Hall–Kier alpha value is -2.38. The van der Waals surface area contributed by atoms with Gasteiger partial charge in [-0.1, -0.05) is 18.2 Å². The zero-order valence-corrected chi connectivity index (χ0v) is 12.3. The van der Waals surface area contributed by atoms with E-state index in [0.717, 1.165) is 0 Å². The minimum Gasteiger partial charge on any atom is -0.492 e. The van der Waals surface area contributed by atoms with Crippen LogP contribution in [0.25, 0.3) is 0 Å². The molecule has 0 amide bonds. The quantitative estimate of drug-likeness (QED) is 0.528. The van der Waals surface area contributed by atoms with Crippen molar-refractivity contribution in [1.82, 2.24) is 0 Å². The van der Waals surface area contributed by atoms with Gasteiger partial charge in [0.2, 0.25) is 0 Å². The third kappa shape index (κ3) is 3.26. The Labute approximate surface area is 129 Å². The Balaban J connectivity index is 2.30. The smallest absolute Gasteiger partial charge is 0.172 e. The van der Waals surface area contributed by atoms with Gasteiger partial charge in [0.25, 0.3) is 0 Å². The SMILES string of the molecule is C#CC/C=C(\C=C/C)C(=O)C1COc2ccc(F)cc2C1O. The zero-order chi connectivity index (χ0) is 16.1. The van der Waals surface area contributed by atoms with Crippen LogP contribution < -0.4 is 4.74 Å². The third-order valence-electron chi connectivity index (χ3n) is 3.50. The molecular weight excluding hydrogens is 283 g/mol. The minimum absolute atomic E-state index is 0.0452. The van der Waals surface area contributed by atoms with E-state index in [4.69, 9.17) is 11.2 Å². The maximum absolute atomic E-state index is 13.3. The molecule has 0 saturated carbocycles. The van der Waals surface area contributed by atoms with Crippen LogP contribution in [0.5, 0.6) is 5.75 Å². The molecule has 2 atom stereocenters. The normalized spacial score (nSPS) is 21.1. The molecule has 1 aliphatic rings. The van der Waals surface area contributed by atoms with Crippen molar-refractivity contribution in [3.8, 4) is 18.1 Å². The number of Topliss-reactive ketones (excluding diaryl/α,β-unsaturated/α-hetero) is 1. The van der Waals surface area contributed by atoms with Gasteiger partial charge in [0.05, 0.1) is 12.0 Å². The molecule has 0 aromatic heterocycles. The van der Waals surface area contributed by atoms with Crippen LogP contribution >= 0.6 is 0 Å². The molecule has 1 aromatic rings. The van der Waals surface area contributed by atoms with E-state index < -0.39 is 17.8 Å². The molecule has 2 unspecified atom stereocenters. The van der Waals surface area contributed by atoms with Crippen molar-refractivity contribution in [3.63, 3.8) is 0 Å². The number of carbonyl (C=O) groups is 1. The van der Waals surface area contributed by atoms with E-state index in [0.29, 0.717) is 23.3 Å². The Kier molecular flexibility index (Phi) is 5.13. The lowest BCUT2D eigenvalue weighted by atomic mass is 9.86. The van der Waals surface area contributed by atoms with Crippen LogP contribution in [0.3, 0.4) is 0 Å². The molecule has 4 heteroatoms. The van der Waals surface area contributed by atoms with Crippen molar-refractivity contribution in [3.05, 3.63) is 53.4 Å². The van der Waals surface area contributed by atoms with Crippen molar-refractivity contribution in [2.75, 3.05) is 6.61 Å². The highest BCUT2D eigenvalue weighted by Crippen LogP contribution is 2.37. The van der Waals surface area contributed by atoms with Gasteiger partial charge in [-0.05, 0) is 25.1 Å². The molecule has 1 heterocycles. The molecule has 1 aromatic carbocycles. The average molecular weight is 300 g/mol. The number of hydrogen-bond donors (Lipinski definition) is 1. The van der Waals surface area contributed by atoms with Gasteiger partial charge >= 0.3 is 0 Å². The molecule has 0 saturated heterocycles. The van der Waals surface area contributed by atoms with Crippen molar-refractivity contribution in [2.24, 2.45) is 5.92 Å². The molecular formula is C18H17FO3. The van der Waals surface area contributed by atoms with Crippen LogP contribution in [0.15, 0.2) is 42.0 Å². The topological polar surface area (TPSA) is 46.5 Å². The number of fused-ring (bicyclic) bond motifs is 1. The van der Waals surface area contributed by atoms with Crippen LogP contribution in [0, 0.1) is 24.1 Å². The number of allylic oxidation sites excluding steroid dienone is 4. The van der Waals surface area contributed by atoms with Gasteiger partial charge < -0.3 is 9.84 Å². The Morgan fingerprint density at radius 1 is 1.59 bits per heavy atom. The number of ketones is 1. The summed E-state index contributed by atoms with van der Waals surface area (Å²) in [6, 6.07) is 3.90. The van der Waals surface area contributed by atoms with E-state index in [1.165, 1.54) is 18.2 Å². The number of hydrogen-bond acceptors (Lipinski definition) is 3. The number of halogens is 1. The van der Waals surface area contributed by atoms with Gasteiger partial charge in [-0.2, -0.15) is 0 Å². The third-order valence-corrected chi connectivity index (χ3v) is 3.50. The van der Waals surface area contributed by atoms with E-state index >= 15 is 0 Å². The van der Waals surface area contributed by atoms with Crippen molar-refractivity contribution >= 4 is 5.78 Å². The van der Waals surface area contributed by atoms with Gasteiger partial charge in [-0.15, -0.1) is 12.3 Å². The Bertz CT molecular complexity index is 667. The first-order valence-electron chi connectivity index (χ1n) is 6.99. The minimum atomic E-state index is -1.11. The first-order valence-corrected chi connectivity index (χ1v) is 6.99. The fourth-order valence-corrected chi connectivity index (χ4v) is 2.40. The number of benzene rings is 1. The first-order chi connectivity index (χ1) is 10.6. The largest absolute Gasteiger partial charge is 0.492 e. The Morgan fingerprint density at radius 2 is 2.36 bits per heavy atom. The van der Waals surface area contributed by atoms with E-state index in [1.807, 2.05) is 0 Å². The number of ether oxygens (including phenoxy) is 1. The number of aliphatic hydroxyl groups excluding tert-OH is 1. The summed E-state index contributed by atoms with van der Waals surface area (Å²) in [7, 11) is 0. The molecule has 0 aliphatic carbocycles. The first kappa shape index (κ1) is 16.0. The van der Waals surface area contributed by atoms with Gasteiger partial charge in [0.1, 0.15) is 18.2 Å².